The van der Waals surface area contributed by atoms with Gasteiger partial charge >= 0.3 is 0 Å². The number of carbonyl (C=O) groups is 1. The normalized spacial score (nSPS) is 17.1. The third kappa shape index (κ3) is 6.19. The van der Waals surface area contributed by atoms with Crippen LogP contribution in [0.5, 0.6) is 0 Å². The van der Waals surface area contributed by atoms with Gasteiger partial charge in [-0.1, -0.05) is 57.6 Å². The van der Waals surface area contributed by atoms with E-state index in [-0.39, 0.29) is 21.4 Å². The lowest BCUT2D eigenvalue weighted by atomic mass is 9.99. The summed E-state index contributed by atoms with van der Waals surface area (Å²) in [5.74, 6) is 0.111. The Hall–Kier alpha value is -1.11. The molecule has 1 aliphatic rings. The Morgan fingerprint density at radius 1 is 1.18 bits per heavy atom. The molecular weight excluding hydrogens is 396 g/mol. The van der Waals surface area contributed by atoms with Gasteiger partial charge in [-0.25, -0.2) is 8.42 Å². The summed E-state index contributed by atoms with van der Waals surface area (Å²) in [5.41, 5.74) is 0.225. The van der Waals surface area contributed by atoms with Crippen molar-refractivity contribution in [2.45, 2.75) is 70.1 Å². The van der Waals surface area contributed by atoms with Crippen LogP contribution in [-0.2, 0) is 10.0 Å². The van der Waals surface area contributed by atoms with Crippen LogP contribution < -0.4 is 5.32 Å². The third-order valence-electron chi connectivity index (χ3n) is 5.48. The number of benzene rings is 1. The van der Waals surface area contributed by atoms with E-state index in [1.807, 2.05) is 0 Å². The van der Waals surface area contributed by atoms with E-state index >= 15 is 0 Å². The van der Waals surface area contributed by atoms with Crippen molar-refractivity contribution in [2.75, 3.05) is 19.6 Å². The second-order valence-corrected chi connectivity index (χ2v) is 9.93. The molecule has 2 rings (SSSR count). The van der Waals surface area contributed by atoms with E-state index < -0.39 is 10.0 Å². The standard InChI is InChI=1S/C21H33ClN2O3S/c1-3-5-10-17(4-2)16-23-21(25)19-15-18(11-12-20(19)22)28(26,27)24-13-8-6-7-9-14-24/h11-12,15,17H,3-10,13-14,16H2,1-2H3,(H,23,25)/t17-/m0/s1. The molecule has 1 fully saturated rings. The number of halogens is 1. The number of unbranched alkanes of at least 4 members (excludes halogenated alkanes) is 1. The summed E-state index contributed by atoms with van der Waals surface area (Å²) in [6.45, 7) is 5.91. The van der Waals surface area contributed by atoms with Crippen LogP contribution in [-0.4, -0.2) is 38.3 Å². The Kier molecular flexibility index (Phi) is 9.25. The van der Waals surface area contributed by atoms with Gasteiger partial charge in [0.2, 0.25) is 10.0 Å². The van der Waals surface area contributed by atoms with Crippen LogP contribution in [0.1, 0.15) is 75.6 Å². The first kappa shape index (κ1) is 23.2. The Morgan fingerprint density at radius 2 is 1.86 bits per heavy atom. The summed E-state index contributed by atoms with van der Waals surface area (Å²) in [6, 6.07) is 4.43. The van der Waals surface area contributed by atoms with Crippen molar-refractivity contribution >= 4 is 27.5 Å². The summed E-state index contributed by atoms with van der Waals surface area (Å²) in [6.07, 6.45) is 8.19. The maximum absolute atomic E-state index is 13.0. The molecule has 0 radical (unpaired) electrons. The van der Waals surface area contributed by atoms with Gasteiger partial charge in [0, 0.05) is 19.6 Å². The van der Waals surface area contributed by atoms with Crippen LogP contribution in [0.2, 0.25) is 5.02 Å². The summed E-state index contributed by atoms with van der Waals surface area (Å²) >= 11 is 6.22. The fraction of sp³-hybridized carbons (Fsp3) is 0.667. The fourth-order valence-electron chi connectivity index (χ4n) is 3.55. The quantitative estimate of drug-likeness (QED) is 0.611. The van der Waals surface area contributed by atoms with Crippen LogP contribution in [0.3, 0.4) is 0 Å². The van der Waals surface area contributed by atoms with Crippen molar-refractivity contribution in [1.29, 1.82) is 0 Å². The molecule has 1 atom stereocenters. The highest BCUT2D eigenvalue weighted by molar-refractivity contribution is 7.89. The lowest BCUT2D eigenvalue weighted by Gasteiger charge is -2.20. The van der Waals surface area contributed by atoms with Gasteiger partial charge in [0.05, 0.1) is 15.5 Å². The van der Waals surface area contributed by atoms with Gasteiger partial charge in [-0.3, -0.25) is 4.79 Å². The fourth-order valence-corrected chi connectivity index (χ4v) is 5.29. The molecule has 0 saturated carbocycles. The molecule has 0 aromatic heterocycles. The number of carbonyl (C=O) groups excluding carboxylic acids is 1. The van der Waals surface area contributed by atoms with Crippen LogP contribution in [0.25, 0.3) is 0 Å². The van der Waals surface area contributed by atoms with Crippen molar-refractivity contribution < 1.29 is 13.2 Å². The summed E-state index contributed by atoms with van der Waals surface area (Å²) in [5, 5.41) is 3.21. The average molecular weight is 429 g/mol. The van der Waals surface area contributed by atoms with E-state index in [0.717, 1.165) is 51.4 Å². The van der Waals surface area contributed by atoms with Gasteiger partial charge in [-0.15, -0.1) is 0 Å². The SMILES string of the molecule is CCCC[C@H](CC)CNC(=O)c1cc(S(=O)(=O)N2CCCCCC2)ccc1Cl. The van der Waals surface area contributed by atoms with E-state index in [2.05, 4.69) is 19.2 Å². The minimum atomic E-state index is -3.61. The predicted molar refractivity (Wildman–Crippen MR) is 114 cm³/mol. The van der Waals surface area contributed by atoms with Crippen LogP contribution in [0.4, 0.5) is 0 Å². The Morgan fingerprint density at radius 3 is 2.46 bits per heavy atom. The van der Waals surface area contributed by atoms with E-state index in [1.165, 1.54) is 22.5 Å². The largest absolute Gasteiger partial charge is 0.352 e. The molecule has 1 aliphatic heterocycles. The average Bonchev–Trinajstić information content (AvgIpc) is 2.98. The molecule has 0 unspecified atom stereocenters. The molecule has 0 aliphatic carbocycles. The maximum atomic E-state index is 13.0. The first-order chi connectivity index (χ1) is 13.4. The van der Waals surface area contributed by atoms with Crippen LogP contribution >= 0.6 is 11.6 Å². The highest BCUT2D eigenvalue weighted by Gasteiger charge is 2.26. The highest BCUT2D eigenvalue weighted by Crippen LogP contribution is 2.25. The molecule has 7 heteroatoms. The zero-order chi connectivity index (χ0) is 20.6. The molecule has 158 valence electrons. The molecule has 0 bridgehead atoms. The van der Waals surface area contributed by atoms with Crippen molar-refractivity contribution in [3.63, 3.8) is 0 Å². The number of rotatable bonds is 9. The smallest absolute Gasteiger partial charge is 0.252 e. The topological polar surface area (TPSA) is 66.5 Å². The van der Waals surface area contributed by atoms with E-state index in [1.54, 1.807) is 0 Å². The van der Waals surface area contributed by atoms with Gasteiger partial charge < -0.3 is 5.32 Å². The zero-order valence-corrected chi connectivity index (χ0v) is 18.6. The second kappa shape index (κ2) is 11.2. The van der Waals surface area contributed by atoms with Crippen molar-refractivity contribution in [3.05, 3.63) is 28.8 Å². The number of nitrogens with zero attached hydrogens (tertiary/aromatic N) is 1. The summed E-state index contributed by atoms with van der Waals surface area (Å²) in [4.78, 5) is 12.8. The minimum absolute atomic E-state index is 0.141. The third-order valence-corrected chi connectivity index (χ3v) is 7.70. The Bertz CT molecular complexity index is 744. The van der Waals surface area contributed by atoms with E-state index in [9.17, 15) is 13.2 Å². The molecule has 1 heterocycles. The molecule has 1 aromatic carbocycles. The number of hydrogen-bond donors (Lipinski definition) is 1. The molecule has 1 aromatic rings. The first-order valence-corrected chi connectivity index (χ1v) is 12.3. The molecule has 1 amide bonds. The summed E-state index contributed by atoms with van der Waals surface area (Å²) < 4.78 is 27.5. The minimum Gasteiger partial charge on any atom is -0.352 e. The van der Waals surface area contributed by atoms with Crippen molar-refractivity contribution in [1.82, 2.24) is 9.62 Å². The molecule has 1 N–H and O–H groups in total. The van der Waals surface area contributed by atoms with Crippen LogP contribution in [0.15, 0.2) is 23.1 Å². The van der Waals surface area contributed by atoms with Gasteiger partial charge in [0.15, 0.2) is 0 Å². The first-order valence-electron chi connectivity index (χ1n) is 10.5. The molecular formula is C21H33ClN2O3S. The second-order valence-electron chi connectivity index (χ2n) is 7.59. The van der Waals surface area contributed by atoms with Crippen LogP contribution in [0, 0.1) is 5.92 Å². The number of sulfonamides is 1. The maximum Gasteiger partial charge on any atom is 0.252 e. The van der Waals surface area contributed by atoms with E-state index in [4.69, 9.17) is 11.6 Å². The molecule has 5 nitrogen and oxygen atoms in total. The molecule has 1 saturated heterocycles. The predicted octanol–water partition coefficient (Wildman–Crippen LogP) is 4.85. The monoisotopic (exact) mass is 428 g/mol. The number of amides is 1. The molecule has 0 spiro atoms. The number of hydrogen-bond acceptors (Lipinski definition) is 3. The van der Waals surface area contributed by atoms with Gasteiger partial charge in [-0.05, 0) is 43.4 Å². The van der Waals surface area contributed by atoms with Crippen molar-refractivity contribution in [2.24, 2.45) is 5.92 Å². The van der Waals surface area contributed by atoms with E-state index in [0.29, 0.717) is 25.6 Å². The van der Waals surface area contributed by atoms with Gasteiger partial charge in [-0.2, -0.15) is 4.31 Å². The Balaban J connectivity index is 2.14. The zero-order valence-electron chi connectivity index (χ0n) is 17.0. The van der Waals surface area contributed by atoms with Gasteiger partial charge in [0.1, 0.15) is 0 Å². The van der Waals surface area contributed by atoms with Crippen molar-refractivity contribution in [3.8, 4) is 0 Å². The summed E-state index contributed by atoms with van der Waals surface area (Å²) in [7, 11) is -3.61. The Labute approximate surface area is 174 Å². The molecule has 28 heavy (non-hydrogen) atoms. The number of nitrogens with one attached hydrogen (secondary N) is 1. The lowest BCUT2D eigenvalue weighted by molar-refractivity contribution is 0.0945. The lowest BCUT2D eigenvalue weighted by Crippen LogP contribution is -2.32. The highest BCUT2D eigenvalue weighted by atomic mass is 35.5. The van der Waals surface area contributed by atoms with Gasteiger partial charge in [0.25, 0.3) is 5.91 Å².